The van der Waals surface area contributed by atoms with Gasteiger partial charge in [0.1, 0.15) is 11.5 Å². The van der Waals surface area contributed by atoms with Crippen LogP contribution >= 0.6 is 23.2 Å². The first-order chi connectivity index (χ1) is 17.2. The van der Waals surface area contributed by atoms with Crippen LogP contribution in [-0.2, 0) is 0 Å². The van der Waals surface area contributed by atoms with Crippen LogP contribution in [0.25, 0.3) is 11.3 Å². The molecule has 0 aliphatic carbocycles. The molecule has 2 N–H and O–H groups in total. The normalized spacial score (nSPS) is 9.39. The number of carbonyl (C=O) groups is 1. The molecule has 1 heterocycles. The van der Waals surface area contributed by atoms with Gasteiger partial charge in [0.15, 0.2) is 5.88 Å². The summed E-state index contributed by atoms with van der Waals surface area (Å²) in [6.07, 6.45) is 0. The third kappa shape index (κ3) is 8.46. The first kappa shape index (κ1) is 32.8. The molecular weight excluding hydrogens is 505 g/mol. The van der Waals surface area contributed by atoms with Crippen LogP contribution < -0.4 is 10.2 Å². The maximum Gasteiger partial charge on any atom is 0.271 e. The Bertz CT molecular complexity index is 1130. The number of aromatic hydroxyl groups is 1. The van der Waals surface area contributed by atoms with Gasteiger partial charge in [-0.2, -0.15) is 0 Å². The van der Waals surface area contributed by atoms with Crippen LogP contribution in [0.4, 0.5) is 17.3 Å². The van der Waals surface area contributed by atoms with E-state index in [4.69, 9.17) is 27.6 Å². The summed E-state index contributed by atoms with van der Waals surface area (Å²) in [5.41, 5.74) is 0.287. The molecule has 0 saturated heterocycles. The number of carbonyl (C=O) groups excluding carboxylic acids is 1. The highest BCUT2D eigenvalue weighted by molar-refractivity contribution is 6.35. The molecule has 198 valence electrons. The van der Waals surface area contributed by atoms with Crippen LogP contribution in [0.3, 0.4) is 0 Å². The van der Waals surface area contributed by atoms with Crippen molar-refractivity contribution in [1.29, 1.82) is 0 Å². The molecular formula is C26H35Cl2N3O5. The molecule has 10 heteroatoms. The predicted molar refractivity (Wildman–Crippen MR) is 150 cm³/mol. The molecule has 0 saturated carbocycles. The monoisotopic (exact) mass is 539 g/mol. The predicted octanol–water partition coefficient (Wildman–Crippen LogP) is 8.65. The molecule has 0 bridgehead atoms. The van der Waals surface area contributed by atoms with Gasteiger partial charge in [0.05, 0.1) is 26.2 Å². The van der Waals surface area contributed by atoms with Gasteiger partial charge in [0, 0.05) is 37.4 Å². The number of benzene rings is 2. The molecule has 0 aliphatic heterocycles. The molecule has 8 nitrogen and oxygen atoms in total. The molecule has 1 aromatic heterocycles. The maximum absolute atomic E-state index is 12.6. The van der Waals surface area contributed by atoms with Gasteiger partial charge in [0.25, 0.3) is 11.6 Å². The Labute approximate surface area is 223 Å². The van der Waals surface area contributed by atoms with E-state index in [9.17, 15) is 20.0 Å². The number of phenolic OH excluding ortho intramolecular Hbond substituents is 1. The number of rotatable bonds is 6. The van der Waals surface area contributed by atoms with Crippen molar-refractivity contribution in [1.82, 2.24) is 0 Å². The van der Waals surface area contributed by atoms with Crippen molar-refractivity contribution < 1.29 is 19.2 Å². The van der Waals surface area contributed by atoms with Crippen molar-refractivity contribution in [3.63, 3.8) is 0 Å². The Morgan fingerprint density at radius 3 is 2.17 bits per heavy atom. The SMILES string of the molecule is CC.CC.CC.CCN(C)c1ccc(-c2cc(O)c(C(=O)Nc3ccc([N+](=O)[O-])cc3Cl)cc2Cl)o1. The minimum Gasteiger partial charge on any atom is -0.507 e. The summed E-state index contributed by atoms with van der Waals surface area (Å²) in [5, 5.41) is 23.9. The van der Waals surface area contributed by atoms with Crippen molar-refractivity contribution in [3.05, 3.63) is 68.2 Å². The quantitative estimate of drug-likeness (QED) is 0.239. The molecule has 1 amide bonds. The van der Waals surface area contributed by atoms with Crippen LogP contribution in [0, 0.1) is 10.1 Å². The van der Waals surface area contributed by atoms with Crippen LogP contribution in [0.15, 0.2) is 46.9 Å². The third-order valence-corrected chi connectivity index (χ3v) is 5.07. The fraction of sp³-hybridized carbons (Fsp3) is 0.346. The van der Waals surface area contributed by atoms with Gasteiger partial charge in [-0.15, -0.1) is 0 Å². The van der Waals surface area contributed by atoms with Crippen LogP contribution in [0.1, 0.15) is 58.8 Å². The van der Waals surface area contributed by atoms with E-state index in [1.165, 1.54) is 24.3 Å². The Balaban J connectivity index is 0.00000190. The number of halogens is 2. The Kier molecular flexibility index (Phi) is 15.0. The summed E-state index contributed by atoms with van der Waals surface area (Å²) in [4.78, 5) is 24.7. The molecule has 0 radical (unpaired) electrons. The van der Waals surface area contributed by atoms with Crippen LogP contribution in [0.2, 0.25) is 10.0 Å². The van der Waals surface area contributed by atoms with Crippen molar-refractivity contribution in [2.24, 2.45) is 0 Å². The number of nitrogens with one attached hydrogen (secondary N) is 1. The van der Waals surface area contributed by atoms with Gasteiger partial charge in [-0.05, 0) is 31.2 Å². The van der Waals surface area contributed by atoms with E-state index in [0.717, 1.165) is 12.6 Å². The molecule has 0 unspecified atom stereocenters. The van der Waals surface area contributed by atoms with E-state index in [1.54, 1.807) is 12.1 Å². The van der Waals surface area contributed by atoms with Gasteiger partial charge >= 0.3 is 0 Å². The van der Waals surface area contributed by atoms with Gasteiger partial charge in [-0.3, -0.25) is 14.9 Å². The number of amides is 1. The highest BCUT2D eigenvalue weighted by Crippen LogP contribution is 2.37. The first-order valence-electron chi connectivity index (χ1n) is 11.8. The fourth-order valence-corrected chi connectivity index (χ4v) is 3.15. The summed E-state index contributed by atoms with van der Waals surface area (Å²) in [7, 11) is 1.87. The zero-order valence-electron chi connectivity index (χ0n) is 22.0. The fourth-order valence-electron chi connectivity index (χ4n) is 2.67. The standard InChI is InChI=1S/C20H17Cl2N3O5.3C2H6/c1-3-24(2)19-7-6-18(30-19)12-10-17(26)13(9-14(12)21)20(27)23-16-5-4-11(25(28)29)8-15(16)22;3*1-2/h4-10,26H,3H2,1-2H3,(H,23,27);3*1-2H3. The molecule has 36 heavy (non-hydrogen) atoms. The molecule has 0 atom stereocenters. The minimum atomic E-state index is -0.678. The highest BCUT2D eigenvalue weighted by Gasteiger charge is 2.19. The summed E-state index contributed by atoms with van der Waals surface area (Å²) in [6.45, 7) is 14.7. The number of hydrogen-bond donors (Lipinski definition) is 2. The van der Waals surface area contributed by atoms with Gasteiger partial charge < -0.3 is 19.7 Å². The second-order valence-corrected chi connectivity index (χ2v) is 7.19. The number of nitrogens with zero attached hydrogens (tertiary/aromatic N) is 2. The average Bonchev–Trinajstić information content (AvgIpc) is 3.39. The zero-order chi connectivity index (χ0) is 28.0. The van der Waals surface area contributed by atoms with Crippen molar-refractivity contribution in [2.75, 3.05) is 23.8 Å². The molecule has 3 rings (SSSR count). The Hall–Kier alpha value is -3.23. The van der Waals surface area contributed by atoms with E-state index in [-0.39, 0.29) is 32.7 Å². The number of hydrogen-bond acceptors (Lipinski definition) is 6. The number of anilines is 2. The summed E-state index contributed by atoms with van der Waals surface area (Å²) < 4.78 is 5.76. The topological polar surface area (TPSA) is 109 Å². The molecule has 2 aromatic carbocycles. The number of nitro benzene ring substituents is 1. The van der Waals surface area contributed by atoms with Crippen molar-refractivity contribution >= 4 is 46.4 Å². The molecule has 0 spiro atoms. The van der Waals surface area contributed by atoms with E-state index in [1.807, 2.05) is 60.4 Å². The Morgan fingerprint density at radius 2 is 1.64 bits per heavy atom. The zero-order valence-corrected chi connectivity index (χ0v) is 23.5. The van der Waals surface area contributed by atoms with E-state index in [0.29, 0.717) is 17.2 Å². The molecule has 3 aromatic rings. The second-order valence-electron chi connectivity index (χ2n) is 6.38. The van der Waals surface area contributed by atoms with Crippen LogP contribution in [0.5, 0.6) is 5.75 Å². The number of nitro groups is 1. The van der Waals surface area contributed by atoms with Crippen LogP contribution in [-0.4, -0.2) is 29.5 Å². The van der Waals surface area contributed by atoms with E-state index >= 15 is 0 Å². The highest BCUT2D eigenvalue weighted by atomic mass is 35.5. The minimum absolute atomic E-state index is 0.0112. The van der Waals surface area contributed by atoms with Crippen molar-refractivity contribution in [3.8, 4) is 17.1 Å². The summed E-state index contributed by atoms with van der Waals surface area (Å²) >= 11 is 12.3. The largest absolute Gasteiger partial charge is 0.507 e. The first-order valence-corrected chi connectivity index (χ1v) is 12.6. The summed E-state index contributed by atoms with van der Waals surface area (Å²) in [5.74, 6) is 0.0861. The lowest BCUT2D eigenvalue weighted by Gasteiger charge is -2.13. The van der Waals surface area contributed by atoms with E-state index in [2.05, 4.69) is 5.32 Å². The average molecular weight is 540 g/mol. The number of furan rings is 1. The smallest absolute Gasteiger partial charge is 0.271 e. The lowest BCUT2D eigenvalue weighted by atomic mass is 10.1. The number of phenols is 1. The maximum atomic E-state index is 12.6. The second kappa shape index (κ2) is 16.4. The third-order valence-electron chi connectivity index (χ3n) is 4.45. The van der Waals surface area contributed by atoms with Crippen molar-refractivity contribution in [2.45, 2.75) is 48.5 Å². The lowest BCUT2D eigenvalue weighted by molar-refractivity contribution is -0.384. The van der Waals surface area contributed by atoms with Gasteiger partial charge in [-0.1, -0.05) is 64.7 Å². The lowest BCUT2D eigenvalue weighted by Crippen LogP contribution is -2.14. The van der Waals surface area contributed by atoms with Gasteiger partial charge in [0.2, 0.25) is 0 Å². The number of non-ortho nitro benzene ring substituents is 1. The molecule has 0 aliphatic rings. The van der Waals surface area contributed by atoms with E-state index < -0.39 is 10.8 Å². The summed E-state index contributed by atoms with van der Waals surface area (Å²) in [6, 6.07) is 9.78. The van der Waals surface area contributed by atoms with Gasteiger partial charge in [-0.25, -0.2) is 0 Å². The Morgan fingerprint density at radius 1 is 1.03 bits per heavy atom. The molecule has 0 fully saturated rings.